The van der Waals surface area contributed by atoms with E-state index in [0.29, 0.717) is 23.6 Å². The van der Waals surface area contributed by atoms with Crippen LogP contribution in [-0.2, 0) is 6.42 Å². The van der Waals surface area contributed by atoms with E-state index in [1.165, 1.54) is 12.6 Å². The highest BCUT2D eigenvalue weighted by atomic mass is 35.5. The van der Waals surface area contributed by atoms with Crippen molar-refractivity contribution in [3.8, 4) is 0 Å². The number of hydrogen-bond donors (Lipinski definition) is 1. The SMILES string of the molecule is CCC1CCCCN1C(=O)c1ccnc(C(=O)NCCc2ccc(Cl)cc2)c1. The van der Waals surface area contributed by atoms with E-state index in [0.717, 1.165) is 31.4 Å². The molecule has 2 heterocycles. The summed E-state index contributed by atoms with van der Waals surface area (Å²) in [5, 5.41) is 3.56. The van der Waals surface area contributed by atoms with E-state index >= 15 is 0 Å². The molecule has 5 nitrogen and oxygen atoms in total. The molecule has 2 aromatic rings. The van der Waals surface area contributed by atoms with Crippen LogP contribution in [0.15, 0.2) is 42.6 Å². The highest BCUT2D eigenvalue weighted by molar-refractivity contribution is 6.30. The van der Waals surface area contributed by atoms with E-state index in [-0.39, 0.29) is 23.6 Å². The van der Waals surface area contributed by atoms with Gasteiger partial charge in [0.1, 0.15) is 5.69 Å². The molecule has 1 atom stereocenters. The fourth-order valence-electron chi connectivity index (χ4n) is 3.61. The third-order valence-corrected chi connectivity index (χ3v) is 5.46. The quantitative estimate of drug-likeness (QED) is 0.794. The largest absolute Gasteiger partial charge is 0.350 e. The topological polar surface area (TPSA) is 62.3 Å². The van der Waals surface area contributed by atoms with Gasteiger partial charge in [0.15, 0.2) is 0 Å². The van der Waals surface area contributed by atoms with Crippen LogP contribution in [-0.4, -0.2) is 40.8 Å². The second-order valence-electron chi connectivity index (χ2n) is 7.12. The van der Waals surface area contributed by atoms with Crippen LogP contribution in [0.2, 0.25) is 5.02 Å². The van der Waals surface area contributed by atoms with Crippen molar-refractivity contribution < 1.29 is 9.59 Å². The molecule has 6 heteroatoms. The van der Waals surface area contributed by atoms with Crippen LogP contribution < -0.4 is 5.32 Å². The van der Waals surface area contributed by atoms with Crippen LogP contribution in [0.25, 0.3) is 0 Å². The second kappa shape index (κ2) is 9.69. The van der Waals surface area contributed by atoms with E-state index in [1.54, 1.807) is 12.1 Å². The standard InChI is InChI=1S/C22H26ClN3O2/c1-2-19-5-3-4-14-26(19)22(28)17-11-13-24-20(15-17)21(27)25-12-10-16-6-8-18(23)9-7-16/h6-9,11,13,15,19H,2-5,10,12,14H2,1H3,(H,25,27). The number of rotatable bonds is 6. The average Bonchev–Trinajstić information content (AvgIpc) is 2.74. The lowest BCUT2D eigenvalue weighted by Crippen LogP contribution is -2.43. The van der Waals surface area contributed by atoms with Crippen LogP contribution in [0, 0.1) is 0 Å². The number of halogens is 1. The molecular weight excluding hydrogens is 374 g/mol. The lowest BCUT2D eigenvalue weighted by molar-refractivity contribution is 0.0608. The molecule has 148 valence electrons. The van der Waals surface area contributed by atoms with Gasteiger partial charge in [-0.15, -0.1) is 0 Å². The molecule has 1 fully saturated rings. The number of nitrogens with one attached hydrogen (secondary N) is 1. The Labute approximate surface area is 171 Å². The lowest BCUT2D eigenvalue weighted by Gasteiger charge is -2.35. The van der Waals surface area contributed by atoms with Gasteiger partial charge in [-0.25, -0.2) is 0 Å². The number of nitrogens with zero attached hydrogens (tertiary/aromatic N) is 2. The molecule has 3 rings (SSSR count). The summed E-state index contributed by atoms with van der Waals surface area (Å²) in [5.74, 6) is -0.279. The fourth-order valence-corrected chi connectivity index (χ4v) is 3.73. The van der Waals surface area contributed by atoms with Crippen LogP contribution in [0.4, 0.5) is 0 Å². The zero-order chi connectivity index (χ0) is 19.9. The molecule has 0 saturated carbocycles. The molecule has 28 heavy (non-hydrogen) atoms. The number of benzene rings is 1. The summed E-state index contributed by atoms with van der Waals surface area (Å²) in [4.78, 5) is 31.5. The normalized spacial score (nSPS) is 16.6. The zero-order valence-corrected chi connectivity index (χ0v) is 16.9. The van der Waals surface area contributed by atoms with Crippen LogP contribution in [0.5, 0.6) is 0 Å². The average molecular weight is 400 g/mol. The van der Waals surface area contributed by atoms with Crippen LogP contribution in [0.1, 0.15) is 59.0 Å². The molecule has 1 aliphatic rings. The highest BCUT2D eigenvalue weighted by Gasteiger charge is 2.26. The Balaban J connectivity index is 1.60. The molecule has 1 aliphatic heterocycles. The first-order chi connectivity index (χ1) is 13.6. The number of aromatic nitrogens is 1. The van der Waals surface area contributed by atoms with Crippen molar-refractivity contribution in [1.82, 2.24) is 15.2 Å². The maximum atomic E-state index is 12.9. The predicted molar refractivity (Wildman–Crippen MR) is 111 cm³/mol. The number of hydrogen-bond acceptors (Lipinski definition) is 3. The van der Waals surface area contributed by atoms with Crippen molar-refractivity contribution in [3.05, 3.63) is 64.4 Å². The molecular formula is C22H26ClN3O2. The number of likely N-dealkylation sites (tertiary alicyclic amines) is 1. The van der Waals surface area contributed by atoms with Crippen molar-refractivity contribution in [2.24, 2.45) is 0 Å². The summed E-state index contributed by atoms with van der Waals surface area (Å²) in [5.41, 5.74) is 1.89. The van der Waals surface area contributed by atoms with Crippen molar-refractivity contribution in [1.29, 1.82) is 0 Å². The van der Waals surface area contributed by atoms with Crippen molar-refractivity contribution in [2.45, 2.75) is 45.1 Å². The zero-order valence-electron chi connectivity index (χ0n) is 16.2. The Kier molecular flexibility index (Phi) is 7.04. The van der Waals surface area contributed by atoms with Crippen LogP contribution >= 0.6 is 11.6 Å². The minimum absolute atomic E-state index is 0.0100. The van der Waals surface area contributed by atoms with E-state index in [9.17, 15) is 9.59 Å². The highest BCUT2D eigenvalue weighted by Crippen LogP contribution is 2.22. The van der Waals surface area contributed by atoms with Gasteiger partial charge in [0.05, 0.1) is 0 Å². The van der Waals surface area contributed by atoms with Gasteiger partial charge in [0.2, 0.25) is 0 Å². The van der Waals surface area contributed by atoms with Gasteiger partial charge in [0, 0.05) is 35.9 Å². The van der Waals surface area contributed by atoms with Gasteiger partial charge < -0.3 is 10.2 Å². The number of carbonyl (C=O) groups is 2. The molecule has 1 unspecified atom stereocenters. The van der Waals surface area contributed by atoms with E-state index in [2.05, 4.69) is 17.2 Å². The summed E-state index contributed by atoms with van der Waals surface area (Å²) >= 11 is 5.88. The van der Waals surface area contributed by atoms with Crippen LogP contribution in [0.3, 0.4) is 0 Å². The fraction of sp³-hybridized carbons (Fsp3) is 0.409. The Hall–Kier alpha value is -2.40. The summed E-state index contributed by atoms with van der Waals surface area (Å²) < 4.78 is 0. The third-order valence-electron chi connectivity index (χ3n) is 5.21. The summed E-state index contributed by atoms with van der Waals surface area (Å²) in [6.07, 6.45) is 6.44. The molecule has 0 radical (unpaired) electrons. The number of amides is 2. The van der Waals surface area contributed by atoms with Gasteiger partial charge in [-0.3, -0.25) is 14.6 Å². The Morgan fingerprint density at radius 1 is 1.21 bits per heavy atom. The van der Waals surface area contributed by atoms with E-state index in [4.69, 9.17) is 11.6 Å². The monoisotopic (exact) mass is 399 g/mol. The van der Waals surface area contributed by atoms with Gasteiger partial charge >= 0.3 is 0 Å². The van der Waals surface area contributed by atoms with E-state index in [1.807, 2.05) is 29.2 Å². The van der Waals surface area contributed by atoms with Crippen molar-refractivity contribution in [2.75, 3.05) is 13.1 Å². The van der Waals surface area contributed by atoms with Gasteiger partial charge in [-0.2, -0.15) is 0 Å². The first-order valence-corrected chi connectivity index (χ1v) is 10.3. The molecule has 1 aromatic heterocycles. The summed E-state index contributed by atoms with van der Waals surface area (Å²) in [6.45, 7) is 3.38. The number of piperidine rings is 1. The third kappa shape index (κ3) is 5.10. The molecule has 1 saturated heterocycles. The summed E-state index contributed by atoms with van der Waals surface area (Å²) in [6, 6.07) is 11.1. The first kappa shape index (κ1) is 20.3. The van der Waals surface area contributed by atoms with Gasteiger partial charge in [0.25, 0.3) is 11.8 Å². The van der Waals surface area contributed by atoms with Gasteiger partial charge in [-0.1, -0.05) is 30.7 Å². The smallest absolute Gasteiger partial charge is 0.269 e. The van der Waals surface area contributed by atoms with Crippen molar-refractivity contribution >= 4 is 23.4 Å². The molecule has 0 aliphatic carbocycles. The molecule has 2 amide bonds. The maximum absolute atomic E-state index is 12.9. The summed E-state index contributed by atoms with van der Waals surface area (Å²) in [7, 11) is 0. The van der Waals surface area contributed by atoms with E-state index < -0.39 is 0 Å². The Morgan fingerprint density at radius 3 is 2.75 bits per heavy atom. The minimum atomic E-state index is -0.269. The molecule has 1 N–H and O–H groups in total. The lowest BCUT2D eigenvalue weighted by atomic mass is 9.99. The first-order valence-electron chi connectivity index (χ1n) is 9.88. The number of pyridine rings is 1. The molecule has 1 aromatic carbocycles. The number of carbonyl (C=O) groups excluding carboxylic acids is 2. The molecule has 0 bridgehead atoms. The Morgan fingerprint density at radius 2 is 2.00 bits per heavy atom. The van der Waals surface area contributed by atoms with Gasteiger partial charge in [-0.05, 0) is 61.9 Å². The second-order valence-corrected chi connectivity index (χ2v) is 7.55. The molecule has 0 spiro atoms. The predicted octanol–water partition coefficient (Wildman–Crippen LogP) is 4.11. The Bertz CT molecular complexity index is 823. The maximum Gasteiger partial charge on any atom is 0.269 e. The van der Waals surface area contributed by atoms with Crippen molar-refractivity contribution in [3.63, 3.8) is 0 Å². The minimum Gasteiger partial charge on any atom is -0.350 e.